The fraction of sp³-hybridized carbons (Fsp3) is 0. The van der Waals surface area contributed by atoms with E-state index in [1.54, 1.807) is 0 Å². The van der Waals surface area contributed by atoms with E-state index in [4.69, 9.17) is 0 Å². The van der Waals surface area contributed by atoms with Gasteiger partial charge in [-0.15, -0.1) is 0 Å². The third-order valence-corrected chi connectivity index (χ3v) is 0.936. The van der Waals surface area contributed by atoms with Crippen molar-refractivity contribution < 1.29 is 8.78 Å². The van der Waals surface area contributed by atoms with Crippen LogP contribution in [-0.2, 0) is 0 Å². The Bertz CT molecular complexity index is 145. The van der Waals surface area contributed by atoms with E-state index in [0.717, 1.165) is 0 Å². The lowest BCUT2D eigenvalue weighted by Crippen LogP contribution is -1.69. The topological polar surface area (TPSA) is 12.9 Å². The van der Waals surface area contributed by atoms with E-state index in [-0.39, 0.29) is 0 Å². The highest BCUT2D eigenvalue weighted by Crippen LogP contribution is 2.02. The zero-order valence-electron chi connectivity index (χ0n) is 3.11. The molecule has 1 aromatic heterocycles. The Morgan fingerprint density at radius 2 is 2.29 bits per heavy atom. The monoisotopic (exact) mass is 120 g/mol. The lowest BCUT2D eigenvalue weighted by Gasteiger charge is -1.63. The minimum Gasteiger partial charge on any atom is -0.183 e. The van der Waals surface area contributed by atoms with E-state index >= 15 is 0 Å². The van der Waals surface area contributed by atoms with Crippen molar-refractivity contribution in [3.8, 4) is 0 Å². The summed E-state index contributed by atoms with van der Waals surface area (Å²) in [7, 11) is 0. The van der Waals surface area contributed by atoms with Crippen molar-refractivity contribution in [2.75, 3.05) is 0 Å². The van der Waals surface area contributed by atoms with Crippen LogP contribution in [0, 0.1) is 16.6 Å². The average molecular weight is 120 g/mol. The van der Waals surface area contributed by atoms with Crippen molar-refractivity contribution in [3.63, 3.8) is 0 Å². The minimum absolute atomic E-state index is 0.527. The van der Waals surface area contributed by atoms with Crippen LogP contribution in [0.5, 0.6) is 0 Å². The van der Waals surface area contributed by atoms with E-state index in [0.29, 0.717) is 11.3 Å². The first-order chi connectivity index (χ1) is 3.29. The molecule has 7 heavy (non-hydrogen) atoms. The molecule has 4 heteroatoms. The van der Waals surface area contributed by atoms with E-state index in [1.165, 1.54) is 0 Å². The Kier molecular flexibility index (Phi) is 1.02. The molecule has 0 amide bonds. The average Bonchev–Trinajstić information content (AvgIpc) is 1.87. The molecule has 0 unspecified atom stereocenters. The van der Waals surface area contributed by atoms with Crippen LogP contribution >= 0.6 is 11.3 Å². The molecule has 0 saturated heterocycles. The highest BCUT2D eigenvalue weighted by molar-refractivity contribution is 7.07. The van der Waals surface area contributed by atoms with E-state index in [9.17, 15) is 8.78 Å². The molecule has 1 rings (SSSR count). The van der Waals surface area contributed by atoms with Crippen LogP contribution < -0.4 is 0 Å². The van der Waals surface area contributed by atoms with Gasteiger partial charge in [0, 0.05) is 0 Å². The normalized spacial score (nSPS) is 9.43. The van der Waals surface area contributed by atoms with Gasteiger partial charge in [-0.25, -0.2) is 0 Å². The zero-order chi connectivity index (χ0) is 5.28. The molecular formula is C3F2NS. The molecule has 0 fully saturated rings. The van der Waals surface area contributed by atoms with Gasteiger partial charge in [0.1, 0.15) is 5.38 Å². The summed E-state index contributed by atoms with van der Waals surface area (Å²) in [4.78, 5) is 2.74. The first kappa shape index (κ1) is 4.64. The molecule has 0 bridgehead atoms. The summed E-state index contributed by atoms with van der Waals surface area (Å²) in [6.45, 7) is 0. The van der Waals surface area contributed by atoms with E-state index in [2.05, 4.69) is 4.98 Å². The van der Waals surface area contributed by atoms with Crippen LogP contribution in [0.4, 0.5) is 8.78 Å². The van der Waals surface area contributed by atoms with Gasteiger partial charge in [0.2, 0.25) is 5.95 Å². The van der Waals surface area contributed by atoms with E-state index < -0.39 is 11.2 Å². The lowest BCUT2D eigenvalue weighted by molar-refractivity contribution is 0.540. The van der Waals surface area contributed by atoms with Gasteiger partial charge in [-0.2, -0.15) is 13.8 Å². The summed E-state index contributed by atoms with van der Waals surface area (Å²) in [6.07, 6.45) is 0. The van der Waals surface area contributed by atoms with Crippen molar-refractivity contribution in [2.24, 2.45) is 0 Å². The quantitative estimate of drug-likeness (QED) is 0.501. The number of nitrogens with zero attached hydrogens (tertiary/aromatic N) is 1. The smallest absolute Gasteiger partial charge is 0.183 e. The Labute approximate surface area is 42.6 Å². The molecule has 0 aliphatic carbocycles. The first-order valence-corrected chi connectivity index (χ1v) is 2.30. The number of halogens is 2. The molecule has 1 radical (unpaired) electrons. The standard InChI is InChI=1S/C3F2NS/c4-2-1-7-3(5)6-2. The fourth-order valence-electron chi connectivity index (χ4n) is 0.207. The predicted molar refractivity (Wildman–Crippen MR) is 20.9 cm³/mol. The summed E-state index contributed by atoms with van der Waals surface area (Å²) >= 11 is 0.527. The summed E-state index contributed by atoms with van der Waals surface area (Å²) in [5.41, 5.74) is 0. The Balaban J connectivity index is 3.04. The highest BCUT2D eigenvalue weighted by atomic mass is 32.1. The largest absolute Gasteiger partial charge is 0.272 e. The van der Waals surface area contributed by atoms with Crippen molar-refractivity contribution in [2.45, 2.75) is 0 Å². The Morgan fingerprint density at radius 1 is 1.57 bits per heavy atom. The molecule has 0 aromatic carbocycles. The highest BCUT2D eigenvalue weighted by Gasteiger charge is 1.95. The molecule has 0 saturated carbocycles. The van der Waals surface area contributed by atoms with Crippen LogP contribution in [0.15, 0.2) is 0 Å². The van der Waals surface area contributed by atoms with Crippen LogP contribution in [0.2, 0.25) is 0 Å². The maximum absolute atomic E-state index is 11.6. The van der Waals surface area contributed by atoms with Crippen molar-refractivity contribution in [1.82, 2.24) is 4.98 Å². The van der Waals surface area contributed by atoms with Gasteiger partial charge in [-0.1, -0.05) is 11.3 Å². The molecule has 0 aliphatic heterocycles. The van der Waals surface area contributed by atoms with Gasteiger partial charge >= 0.3 is 0 Å². The summed E-state index contributed by atoms with van der Waals surface area (Å²) < 4.78 is 23.1. The summed E-state index contributed by atoms with van der Waals surface area (Å²) in [5.74, 6) is -0.873. The van der Waals surface area contributed by atoms with Gasteiger partial charge in [0.05, 0.1) is 0 Å². The third-order valence-electron chi connectivity index (χ3n) is 0.406. The summed E-state index contributed by atoms with van der Waals surface area (Å²) in [6, 6.07) is 0. The molecule has 37 valence electrons. The van der Waals surface area contributed by atoms with Gasteiger partial charge in [0.25, 0.3) is 5.26 Å². The predicted octanol–water partition coefficient (Wildman–Crippen LogP) is 1.22. The maximum Gasteiger partial charge on any atom is 0.272 e. The molecule has 1 aromatic rings. The van der Waals surface area contributed by atoms with Crippen LogP contribution in [0.3, 0.4) is 0 Å². The number of hydrogen-bond acceptors (Lipinski definition) is 2. The van der Waals surface area contributed by atoms with E-state index in [1.807, 2.05) is 5.38 Å². The van der Waals surface area contributed by atoms with Gasteiger partial charge in [0.15, 0.2) is 0 Å². The zero-order valence-corrected chi connectivity index (χ0v) is 3.93. The SMILES string of the molecule is Fc1[c]sc(F)n1. The molecule has 0 aliphatic rings. The molecule has 0 N–H and O–H groups in total. The molecule has 0 spiro atoms. The molecular weight excluding hydrogens is 120 g/mol. The number of thiazole rings is 1. The Hall–Kier alpha value is -0.510. The lowest BCUT2D eigenvalue weighted by atomic mass is 11.0. The molecule has 1 nitrogen and oxygen atoms in total. The number of aromatic nitrogens is 1. The Morgan fingerprint density at radius 3 is 2.43 bits per heavy atom. The van der Waals surface area contributed by atoms with Gasteiger partial charge in [-0.3, -0.25) is 0 Å². The molecule has 0 atom stereocenters. The summed E-state index contributed by atoms with van der Waals surface area (Å²) in [5, 5.41) is 1.18. The van der Waals surface area contributed by atoms with Crippen molar-refractivity contribution in [1.29, 1.82) is 0 Å². The fourth-order valence-corrected chi connectivity index (χ4v) is 0.547. The second-order valence-electron chi connectivity index (χ2n) is 0.860. The minimum atomic E-state index is -0.873. The second kappa shape index (κ2) is 1.54. The van der Waals surface area contributed by atoms with Gasteiger partial charge in [-0.05, 0) is 0 Å². The second-order valence-corrected chi connectivity index (χ2v) is 1.60. The van der Waals surface area contributed by atoms with Crippen LogP contribution in [-0.4, -0.2) is 4.98 Å². The van der Waals surface area contributed by atoms with Crippen molar-refractivity contribution in [3.05, 3.63) is 16.6 Å². The van der Waals surface area contributed by atoms with Crippen LogP contribution in [0.1, 0.15) is 0 Å². The third kappa shape index (κ3) is 0.928. The van der Waals surface area contributed by atoms with Crippen LogP contribution in [0.25, 0.3) is 0 Å². The number of rotatable bonds is 0. The maximum atomic E-state index is 11.6. The molecule has 1 heterocycles. The number of hydrogen-bond donors (Lipinski definition) is 0. The first-order valence-electron chi connectivity index (χ1n) is 1.48. The van der Waals surface area contributed by atoms with Gasteiger partial charge < -0.3 is 0 Å². The van der Waals surface area contributed by atoms with Crippen molar-refractivity contribution >= 4 is 11.3 Å².